The lowest BCUT2D eigenvalue weighted by Crippen LogP contribution is -2.39. The molecule has 7 nitrogen and oxygen atoms in total. The van der Waals surface area contributed by atoms with Crippen LogP contribution in [-0.4, -0.2) is 48.4 Å². The number of nitrogens with two attached hydrogens (primary N) is 1. The van der Waals surface area contributed by atoms with Gasteiger partial charge in [-0.2, -0.15) is 0 Å². The van der Waals surface area contributed by atoms with Crippen molar-refractivity contribution >= 4 is 28.5 Å². The molecule has 0 aliphatic carbocycles. The number of ether oxygens (including phenoxy) is 1. The molecule has 0 amide bonds. The van der Waals surface area contributed by atoms with Gasteiger partial charge in [-0.25, -0.2) is 9.97 Å². The Morgan fingerprint density at radius 3 is 2.91 bits per heavy atom. The number of rotatable bonds is 2. The van der Waals surface area contributed by atoms with E-state index in [1.165, 1.54) is 6.33 Å². The number of terminal acetylenes is 1. The van der Waals surface area contributed by atoms with Gasteiger partial charge in [0, 0.05) is 6.20 Å². The summed E-state index contributed by atoms with van der Waals surface area (Å²) < 4.78 is 7.31. The minimum Gasteiger partial charge on any atom is -0.394 e. The van der Waals surface area contributed by atoms with Gasteiger partial charge < -0.3 is 25.3 Å². The number of alkyl halides is 1. The average Bonchev–Trinajstić information content (AvgIpc) is 2.97. The molecule has 0 bridgehead atoms. The third-order valence-corrected chi connectivity index (χ3v) is 4.35. The molecule has 3 heterocycles. The molecule has 1 aliphatic rings. The van der Waals surface area contributed by atoms with Gasteiger partial charge in [-0.1, -0.05) is 5.92 Å². The number of anilines is 1. The molecule has 0 aromatic carbocycles. The van der Waals surface area contributed by atoms with Crippen LogP contribution in [0.2, 0.25) is 0 Å². The Balaban J connectivity index is 2.20. The molecule has 4 N–H and O–H groups in total. The smallest absolute Gasteiger partial charge is 0.157 e. The van der Waals surface area contributed by atoms with Crippen LogP contribution in [-0.2, 0) is 4.74 Å². The van der Waals surface area contributed by atoms with Crippen LogP contribution in [0.25, 0.3) is 11.0 Å². The van der Waals surface area contributed by atoms with Gasteiger partial charge in [0.1, 0.15) is 34.9 Å². The van der Waals surface area contributed by atoms with E-state index in [1.807, 2.05) is 0 Å². The molecule has 1 aliphatic heterocycles. The number of fused-ring (bicyclic) bond motifs is 1. The molecular weight excluding hydrogens is 308 g/mol. The monoisotopic (exact) mass is 322 g/mol. The molecule has 3 rings (SSSR count). The highest BCUT2D eigenvalue weighted by atomic mass is 35.5. The SMILES string of the molecule is C#Cc1cn(C2OC(CO)C(O)C2(C)Cl)c2ncnc(N)c12. The van der Waals surface area contributed by atoms with Crippen molar-refractivity contribution in [2.75, 3.05) is 12.3 Å². The number of nitrogen functional groups attached to an aromatic ring is 1. The van der Waals surface area contributed by atoms with Gasteiger partial charge in [0.25, 0.3) is 0 Å². The van der Waals surface area contributed by atoms with Gasteiger partial charge >= 0.3 is 0 Å². The first-order chi connectivity index (χ1) is 10.4. The van der Waals surface area contributed by atoms with Gasteiger partial charge in [0.05, 0.1) is 17.6 Å². The van der Waals surface area contributed by atoms with E-state index < -0.39 is 23.3 Å². The van der Waals surface area contributed by atoms with E-state index in [2.05, 4.69) is 15.9 Å². The second-order valence-electron chi connectivity index (χ2n) is 5.36. The van der Waals surface area contributed by atoms with E-state index in [4.69, 9.17) is 28.5 Å². The topological polar surface area (TPSA) is 106 Å². The standard InChI is InChI=1S/C14H15ClN4O3/c1-3-7-4-19(12-9(7)11(16)17-6-18-12)13-14(2,15)10(21)8(5-20)22-13/h1,4,6,8,10,13,20-21H,5H2,2H3,(H2,16,17,18). The number of hydrogen-bond acceptors (Lipinski definition) is 6. The van der Waals surface area contributed by atoms with Gasteiger partial charge in [0.2, 0.25) is 0 Å². The van der Waals surface area contributed by atoms with Gasteiger partial charge in [-0.15, -0.1) is 18.0 Å². The average molecular weight is 323 g/mol. The number of aromatic nitrogens is 3. The third-order valence-electron chi connectivity index (χ3n) is 3.94. The summed E-state index contributed by atoms with van der Waals surface area (Å²) in [5, 5.41) is 20.1. The summed E-state index contributed by atoms with van der Waals surface area (Å²) in [5.41, 5.74) is 6.84. The minimum atomic E-state index is -1.16. The van der Waals surface area contributed by atoms with Crippen molar-refractivity contribution in [2.45, 2.75) is 30.2 Å². The van der Waals surface area contributed by atoms with Crippen molar-refractivity contribution in [1.82, 2.24) is 14.5 Å². The first-order valence-corrected chi connectivity index (χ1v) is 7.00. The molecule has 1 saturated heterocycles. The highest BCUT2D eigenvalue weighted by Gasteiger charge is 2.53. The summed E-state index contributed by atoms with van der Waals surface area (Å²) in [6.07, 6.45) is 5.85. The Labute approximate surface area is 131 Å². The fourth-order valence-electron chi connectivity index (χ4n) is 2.76. The summed E-state index contributed by atoms with van der Waals surface area (Å²) in [6.45, 7) is 1.28. The summed E-state index contributed by atoms with van der Waals surface area (Å²) in [6, 6.07) is 0. The number of hydrogen-bond donors (Lipinski definition) is 3. The second-order valence-corrected chi connectivity index (χ2v) is 6.17. The van der Waals surface area contributed by atoms with E-state index in [9.17, 15) is 10.2 Å². The van der Waals surface area contributed by atoms with Crippen molar-refractivity contribution < 1.29 is 14.9 Å². The summed E-state index contributed by atoms with van der Waals surface area (Å²) >= 11 is 6.45. The molecule has 4 atom stereocenters. The molecule has 4 unspecified atom stereocenters. The lowest BCUT2D eigenvalue weighted by atomic mass is 10.0. The number of halogens is 1. The normalized spacial score (nSPS) is 31.5. The lowest BCUT2D eigenvalue weighted by molar-refractivity contribution is -0.0439. The lowest BCUT2D eigenvalue weighted by Gasteiger charge is -2.26. The highest BCUT2D eigenvalue weighted by molar-refractivity contribution is 6.24. The zero-order valence-corrected chi connectivity index (χ0v) is 12.5. The number of aliphatic hydroxyl groups excluding tert-OH is 2. The summed E-state index contributed by atoms with van der Waals surface area (Å²) in [4.78, 5) is 6.96. The summed E-state index contributed by atoms with van der Waals surface area (Å²) in [5.74, 6) is 2.78. The van der Waals surface area contributed by atoms with Crippen LogP contribution in [0.3, 0.4) is 0 Å². The predicted molar refractivity (Wildman–Crippen MR) is 81.1 cm³/mol. The molecule has 0 radical (unpaired) electrons. The zero-order chi connectivity index (χ0) is 16.1. The fourth-order valence-corrected chi connectivity index (χ4v) is 3.06. The first-order valence-electron chi connectivity index (χ1n) is 6.62. The Morgan fingerprint density at radius 1 is 1.59 bits per heavy atom. The van der Waals surface area contributed by atoms with Crippen molar-refractivity contribution in [3.63, 3.8) is 0 Å². The minimum absolute atomic E-state index is 0.255. The van der Waals surface area contributed by atoms with Crippen LogP contribution in [0.4, 0.5) is 5.82 Å². The zero-order valence-electron chi connectivity index (χ0n) is 11.8. The van der Waals surface area contributed by atoms with Crippen LogP contribution in [0.1, 0.15) is 18.7 Å². The van der Waals surface area contributed by atoms with E-state index >= 15 is 0 Å². The van der Waals surface area contributed by atoms with E-state index in [1.54, 1.807) is 17.7 Å². The van der Waals surface area contributed by atoms with Gasteiger partial charge in [-0.05, 0) is 6.92 Å². The Kier molecular flexibility index (Phi) is 3.50. The molecule has 0 spiro atoms. The van der Waals surface area contributed by atoms with Crippen LogP contribution < -0.4 is 5.73 Å². The maximum Gasteiger partial charge on any atom is 0.157 e. The molecule has 22 heavy (non-hydrogen) atoms. The van der Waals surface area contributed by atoms with Crippen LogP contribution >= 0.6 is 11.6 Å². The molecule has 1 fully saturated rings. The quantitative estimate of drug-likeness (QED) is 0.540. The third kappa shape index (κ3) is 1.96. The van der Waals surface area contributed by atoms with Crippen LogP contribution in [0.15, 0.2) is 12.5 Å². The van der Waals surface area contributed by atoms with Crippen LogP contribution in [0.5, 0.6) is 0 Å². The largest absolute Gasteiger partial charge is 0.394 e. The van der Waals surface area contributed by atoms with E-state index in [0.717, 1.165) is 0 Å². The Morgan fingerprint density at radius 2 is 2.32 bits per heavy atom. The molecule has 2 aromatic heterocycles. The highest BCUT2D eigenvalue weighted by Crippen LogP contribution is 2.44. The molecule has 2 aromatic rings. The Hall–Kier alpha value is -1.85. The van der Waals surface area contributed by atoms with Crippen molar-refractivity contribution in [3.05, 3.63) is 18.1 Å². The van der Waals surface area contributed by atoms with Crippen molar-refractivity contribution in [3.8, 4) is 12.3 Å². The molecular formula is C14H15ClN4O3. The Bertz CT molecular complexity index is 767. The van der Waals surface area contributed by atoms with Crippen LogP contribution in [0, 0.1) is 12.3 Å². The van der Waals surface area contributed by atoms with Gasteiger partial charge in [0.15, 0.2) is 6.23 Å². The van der Waals surface area contributed by atoms with E-state index in [-0.39, 0.29) is 12.4 Å². The van der Waals surface area contributed by atoms with Crippen molar-refractivity contribution in [1.29, 1.82) is 0 Å². The molecule has 8 heteroatoms. The summed E-state index contributed by atoms with van der Waals surface area (Å²) in [7, 11) is 0. The first kappa shape index (κ1) is 15.1. The number of nitrogens with zero attached hydrogens (tertiary/aromatic N) is 3. The van der Waals surface area contributed by atoms with Crippen molar-refractivity contribution in [2.24, 2.45) is 0 Å². The van der Waals surface area contributed by atoms with Gasteiger partial charge in [-0.3, -0.25) is 0 Å². The maximum absolute atomic E-state index is 10.2. The fraction of sp³-hybridized carbons (Fsp3) is 0.429. The maximum atomic E-state index is 10.2. The molecule has 116 valence electrons. The van der Waals surface area contributed by atoms with E-state index in [0.29, 0.717) is 16.6 Å². The number of aliphatic hydroxyl groups is 2. The molecule has 0 saturated carbocycles. The predicted octanol–water partition coefficient (Wildman–Crippen LogP) is 0.243. The second kappa shape index (κ2) is 5.11.